The molecule has 0 radical (unpaired) electrons. The third kappa shape index (κ3) is 6.75. The first kappa shape index (κ1) is 32.2. The molecule has 1 aromatic carbocycles. The first-order valence-corrected chi connectivity index (χ1v) is 14.5. The van der Waals surface area contributed by atoms with Gasteiger partial charge in [0.2, 0.25) is 6.23 Å². The topological polar surface area (TPSA) is 141 Å². The van der Waals surface area contributed by atoms with E-state index in [0.29, 0.717) is 6.20 Å². The molecule has 1 fully saturated rings. The molecule has 1 aliphatic heterocycles. The van der Waals surface area contributed by atoms with Gasteiger partial charge in [0.15, 0.2) is 11.7 Å². The number of hydrogen-bond donors (Lipinski definition) is 3. The number of benzene rings is 1. The van der Waals surface area contributed by atoms with Crippen molar-refractivity contribution in [1.29, 1.82) is 0 Å². The van der Waals surface area contributed by atoms with E-state index < -0.39 is 77.9 Å². The smallest absolute Gasteiger partial charge is 0.330 e. The lowest BCUT2D eigenvalue weighted by Gasteiger charge is -2.34. The van der Waals surface area contributed by atoms with E-state index in [1.165, 1.54) is 19.1 Å². The molecule has 0 bridgehead atoms. The van der Waals surface area contributed by atoms with E-state index in [1.807, 2.05) is 0 Å². The summed E-state index contributed by atoms with van der Waals surface area (Å²) in [5.74, 6) is -5.24. The van der Waals surface area contributed by atoms with Crippen LogP contribution in [0, 0.1) is 0 Å². The Balaban J connectivity index is 1.97. The first-order chi connectivity index (χ1) is 18.5. The highest BCUT2D eigenvalue weighted by Crippen LogP contribution is 2.53. The minimum atomic E-state index is -4.52. The van der Waals surface area contributed by atoms with Gasteiger partial charge in [-0.15, -0.1) is 0 Å². The number of nitrogens with one attached hydrogen (secondary N) is 2. The SMILES string of the molecule is CC(C)OC(=O)C(C)NP(=S)(OCC1(C(F)F)OC(n2cc(Cl)c(=O)[nH]c2=O)C(F)(F)C1O)Oc1ccccc1. The normalized spacial score (nSPS) is 24.6. The molecular formula is C22H25ClF4N3O8PS. The molecule has 5 unspecified atom stereocenters. The van der Waals surface area contributed by atoms with E-state index in [1.54, 1.807) is 37.0 Å². The number of aliphatic hydroxyl groups is 1. The number of carbonyl (C=O) groups excluding carboxylic acids is 1. The Kier molecular flexibility index (Phi) is 9.87. The van der Waals surface area contributed by atoms with Crippen molar-refractivity contribution in [2.24, 2.45) is 0 Å². The highest BCUT2D eigenvalue weighted by atomic mass is 35.5. The number of nitrogens with zero attached hydrogens (tertiary/aromatic N) is 1. The van der Waals surface area contributed by atoms with Crippen LogP contribution in [0.3, 0.4) is 0 Å². The van der Waals surface area contributed by atoms with Gasteiger partial charge in [-0.3, -0.25) is 19.1 Å². The molecule has 0 saturated carbocycles. The summed E-state index contributed by atoms with van der Waals surface area (Å²) in [6, 6.07) is 6.40. The monoisotopic (exact) mass is 633 g/mol. The van der Waals surface area contributed by atoms with Crippen molar-refractivity contribution in [3.63, 3.8) is 0 Å². The van der Waals surface area contributed by atoms with Crippen LogP contribution in [0.1, 0.15) is 27.0 Å². The van der Waals surface area contributed by atoms with Crippen LogP contribution >= 0.6 is 18.2 Å². The lowest BCUT2D eigenvalue weighted by Crippen LogP contribution is -2.54. The van der Waals surface area contributed by atoms with Gasteiger partial charge in [0, 0.05) is 6.20 Å². The number of esters is 1. The number of H-pyrrole nitrogens is 1. The highest BCUT2D eigenvalue weighted by molar-refractivity contribution is 8.09. The summed E-state index contributed by atoms with van der Waals surface area (Å²) >= 11 is 11.0. The third-order valence-electron chi connectivity index (χ3n) is 5.52. The molecular weight excluding hydrogens is 609 g/mol. The second-order valence-corrected chi connectivity index (χ2v) is 12.5. The number of aromatic amines is 1. The van der Waals surface area contributed by atoms with Gasteiger partial charge in [0.1, 0.15) is 16.8 Å². The van der Waals surface area contributed by atoms with Crippen LogP contribution in [0.2, 0.25) is 5.02 Å². The average molecular weight is 634 g/mol. The van der Waals surface area contributed by atoms with Gasteiger partial charge < -0.3 is 23.6 Å². The molecule has 3 rings (SSSR count). The van der Waals surface area contributed by atoms with Gasteiger partial charge in [-0.05, 0) is 44.7 Å². The molecule has 40 heavy (non-hydrogen) atoms. The number of hydrogen-bond acceptors (Lipinski definition) is 9. The van der Waals surface area contributed by atoms with E-state index in [-0.39, 0.29) is 10.3 Å². The van der Waals surface area contributed by atoms with Gasteiger partial charge in [-0.2, -0.15) is 8.78 Å². The standard InChI is InChI=1S/C22H25ClF4N3O8PS/c1-11(2)36-16(32)12(3)29-39(40,38-13-7-5-4-6-8-13)35-10-21(18(24)25)17(33)22(26,27)19(37-21)30-9-14(23)15(31)28-20(30)34/h4-9,11-12,17-19,33H,10H2,1-3H3,(H,29,40)(H,28,31,34). The lowest BCUT2D eigenvalue weighted by molar-refractivity contribution is -0.192. The molecule has 5 atom stereocenters. The molecule has 1 aliphatic rings. The summed E-state index contributed by atoms with van der Waals surface area (Å²) in [5, 5.41) is 12.3. The van der Waals surface area contributed by atoms with Crippen LogP contribution < -0.4 is 20.9 Å². The van der Waals surface area contributed by atoms with Gasteiger partial charge in [0.25, 0.3) is 12.0 Å². The van der Waals surface area contributed by atoms with Crippen LogP contribution in [-0.2, 0) is 30.6 Å². The average Bonchev–Trinajstić information content (AvgIpc) is 3.06. The fourth-order valence-electron chi connectivity index (χ4n) is 3.56. The van der Waals surface area contributed by atoms with E-state index in [9.17, 15) is 28.3 Å². The minimum Gasteiger partial charge on any atom is -0.462 e. The van der Waals surface area contributed by atoms with Gasteiger partial charge >= 0.3 is 24.2 Å². The number of ether oxygens (including phenoxy) is 2. The number of aromatic nitrogens is 2. The van der Waals surface area contributed by atoms with Crippen molar-refractivity contribution >= 4 is 36.0 Å². The number of aliphatic hydroxyl groups excluding tert-OH is 1. The van der Waals surface area contributed by atoms with Crippen LogP contribution in [0.4, 0.5) is 17.6 Å². The molecule has 222 valence electrons. The molecule has 18 heteroatoms. The summed E-state index contributed by atoms with van der Waals surface area (Å²) in [6.07, 6.45) is -9.95. The van der Waals surface area contributed by atoms with E-state index in [2.05, 4.69) is 5.09 Å². The zero-order valence-corrected chi connectivity index (χ0v) is 23.5. The van der Waals surface area contributed by atoms with Crippen molar-refractivity contribution in [3.05, 3.63) is 62.4 Å². The Hall–Kier alpha value is -2.33. The Labute approximate surface area is 234 Å². The largest absolute Gasteiger partial charge is 0.462 e. The molecule has 2 aromatic rings. The quantitative estimate of drug-likeness (QED) is 0.192. The number of para-hydroxylation sites is 1. The number of alkyl halides is 4. The molecule has 2 heterocycles. The Bertz CT molecular complexity index is 1380. The van der Waals surface area contributed by atoms with Gasteiger partial charge in [-0.1, -0.05) is 29.8 Å². The fraction of sp³-hybridized carbons (Fsp3) is 0.500. The number of rotatable bonds is 11. The molecule has 1 saturated heterocycles. The first-order valence-electron chi connectivity index (χ1n) is 11.5. The maximum atomic E-state index is 15.2. The predicted molar refractivity (Wildman–Crippen MR) is 137 cm³/mol. The van der Waals surface area contributed by atoms with Gasteiger partial charge in [0.05, 0.1) is 12.7 Å². The molecule has 0 amide bonds. The minimum absolute atomic E-state index is 0.0654. The predicted octanol–water partition coefficient (Wildman–Crippen LogP) is 2.97. The van der Waals surface area contributed by atoms with Crippen LogP contribution in [0.15, 0.2) is 46.1 Å². The van der Waals surface area contributed by atoms with E-state index >= 15 is 8.78 Å². The van der Waals surface area contributed by atoms with Crippen LogP contribution in [0.25, 0.3) is 0 Å². The number of halogens is 5. The zero-order chi connectivity index (χ0) is 30.0. The fourth-order valence-corrected chi connectivity index (χ4v) is 6.13. The molecule has 11 nitrogen and oxygen atoms in total. The summed E-state index contributed by atoms with van der Waals surface area (Å²) in [5.41, 5.74) is -6.04. The number of carbonyl (C=O) groups is 1. The van der Waals surface area contributed by atoms with Crippen molar-refractivity contribution in [2.75, 3.05) is 6.61 Å². The summed E-state index contributed by atoms with van der Waals surface area (Å²) in [6.45, 7) is -1.03. The summed E-state index contributed by atoms with van der Waals surface area (Å²) in [7, 11) is 0. The Morgan fingerprint density at radius 1 is 1.27 bits per heavy atom. The maximum Gasteiger partial charge on any atom is 0.330 e. The second kappa shape index (κ2) is 12.3. The van der Waals surface area contributed by atoms with Crippen LogP contribution in [0.5, 0.6) is 5.75 Å². The lowest BCUT2D eigenvalue weighted by atomic mass is 9.96. The molecule has 0 aliphatic carbocycles. The summed E-state index contributed by atoms with van der Waals surface area (Å²) < 4.78 is 80.4. The van der Waals surface area contributed by atoms with E-state index in [0.717, 1.165) is 0 Å². The molecule has 0 spiro atoms. The van der Waals surface area contributed by atoms with Crippen molar-refractivity contribution < 1.29 is 46.0 Å². The Morgan fingerprint density at radius 3 is 2.48 bits per heavy atom. The highest BCUT2D eigenvalue weighted by Gasteiger charge is 2.71. The van der Waals surface area contributed by atoms with Crippen molar-refractivity contribution in [2.45, 2.75) is 63.2 Å². The van der Waals surface area contributed by atoms with Crippen molar-refractivity contribution in [1.82, 2.24) is 14.6 Å². The van der Waals surface area contributed by atoms with E-state index in [4.69, 9.17) is 41.9 Å². The van der Waals surface area contributed by atoms with Gasteiger partial charge in [-0.25, -0.2) is 18.7 Å². The summed E-state index contributed by atoms with van der Waals surface area (Å²) in [4.78, 5) is 37.7. The van der Waals surface area contributed by atoms with Crippen molar-refractivity contribution in [3.8, 4) is 5.75 Å². The second-order valence-electron chi connectivity index (χ2n) is 8.96. The maximum absolute atomic E-state index is 15.2. The van der Waals surface area contributed by atoms with Crippen LogP contribution in [-0.4, -0.2) is 63.4 Å². The molecule has 1 aromatic heterocycles. The Morgan fingerprint density at radius 2 is 1.90 bits per heavy atom. The molecule has 3 N–H and O–H groups in total. The third-order valence-corrected chi connectivity index (χ3v) is 8.27. The zero-order valence-electron chi connectivity index (χ0n) is 21.1.